The first-order valence-corrected chi connectivity index (χ1v) is 5.68. The lowest BCUT2D eigenvalue weighted by atomic mass is 10.0. The Balaban J connectivity index is 0.00000324. The van der Waals surface area contributed by atoms with Crippen molar-refractivity contribution >= 4 is 35.7 Å². The third-order valence-electron chi connectivity index (χ3n) is 2.29. The molecule has 106 valence electrons. The van der Waals surface area contributed by atoms with Crippen LogP contribution in [0.3, 0.4) is 0 Å². The van der Waals surface area contributed by atoms with E-state index in [-0.39, 0.29) is 36.1 Å². The number of ether oxygens (including phenoxy) is 1. The number of nitrogens with zero attached hydrogens (tertiary/aromatic N) is 1. The van der Waals surface area contributed by atoms with E-state index in [2.05, 4.69) is 0 Å². The molecule has 8 heteroatoms. The molecule has 0 unspecified atom stereocenters. The number of nitrogens with two attached hydrogens (primary N) is 1. The van der Waals surface area contributed by atoms with Crippen molar-refractivity contribution in [3.63, 3.8) is 0 Å². The van der Waals surface area contributed by atoms with Crippen molar-refractivity contribution in [1.29, 1.82) is 0 Å². The smallest absolute Gasteiger partial charge is 0.307 e. The monoisotopic (exact) mass is 308 g/mol. The lowest BCUT2D eigenvalue weighted by Gasteiger charge is -2.11. The minimum absolute atomic E-state index is 0. The zero-order chi connectivity index (χ0) is 13.7. The number of rotatable bonds is 5. The summed E-state index contributed by atoms with van der Waals surface area (Å²) in [6.45, 7) is 1.96. The molecule has 0 heterocycles. The summed E-state index contributed by atoms with van der Waals surface area (Å²) in [5.74, 6) is -0.442. The second-order valence-electron chi connectivity index (χ2n) is 3.58. The Kier molecular flexibility index (Phi) is 7.36. The van der Waals surface area contributed by atoms with Crippen molar-refractivity contribution in [2.75, 3.05) is 6.61 Å². The summed E-state index contributed by atoms with van der Waals surface area (Å²) in [6.07, 6.45) is -0.0351. The molecule has 0 aliphatic heterocycles. The molecule has 0 saturated heterocycles. The van der Waals surface area contributed by atoms with Crippen molar-refractivity contribution in [3.8, 4) is 0 Å². The van der Waals surface area contributed by atoms with Crippen LogP contribution in [-0.4, -0.2) is 17.5 Å². The van der Waals surface area contributed by atoms with Crippen LogP contribution >= 0.6 is 24.0 Å². The van der Waals surface area contributed by atoms with E-state index in [4.69, 9.17) is 22.1 Å². The van der Waals surface area contributed by atoms with Gasteiger partial charge < -0.3 is 10.5 Å². The average molecular weight is 309 g/mol. The summed E-state index contributed by atoms with van der Waals surface area (Å²) in [7, 11) is 0. The van der Waals surface area contributed by atoms with E-state index >= 15 is 0 Å². The fourth-order valence-corrected chi connectivity index (χ4v) is 1.60. The number of benzene rings is 1. The van der Waals surface area contributed by atoms with Gasteiger partial charge in [0.15, 0.2) is 0 Å². The second-order valence-corrected chi connectivity index (χ2v) is 3.99. The highest BCUT2D eigenvalue weighted by molar-refractivity contribution is 6.32. The molecule has 1 rings (SSSR count). The zero-order valence-electron chi connectivity index (χ0n) is 10.2. The van der Waals surface area contributed by atoms with E-state index in [1.165, 1.54) is 12.1 Å². The van der Waals surface area contributed by atoms with Crippen LogP contribution in [0.4, 0.5) is 5.69 Å². The van der Waals surface area contributed by atoms with Gasteiger partial charge in [0, 0.05) is 12.1 Å². The first kappa shape index (κ1) is 17.6. The van der Waals surface area contributed by atoms with Crippen molar-refractivity contribution in [2.24, 2.45) is 5.73 Å². The summed E-state index contributed by atoms with van der Waals surface area (Å²) >= 11 is 5.68. The zero-order valence-corrected chi connectivity index (χ0v) is 11.7. The van der Waals surface area contributed by atoms with Crippen LogP contribution in [-0.2, 0) is 9.53 Å². The van der Waals surface area contributed by atoms with Crippen molar-refractivity contribution in [1.82, 2.24) is 0 Å². The summed E-state index contributed by atoms with van der Waals surface area (Å²) in [6, 6.07) is 3.56. The van der Waals surface area contributed by atoms with Gasteiger partial charge >= 0.3 is 5.97 Å². The molecule has 0 aliphatic carbocycles. The molecule has 0 spiro atoms. The van der Waals surface area contributed by atoms with Gasteiger partial charge in [0.1, 0.15) is 5.02 Å². The number of nitro benzene ring substituents is 1. The van der Waals surface area contributed by atoms with Gasteiger partial charge in [-0.2, -0.15) is 0 Å². The summed E-state index contributed by atoms with van der Waals surface area (Å²) in [5.41, 5.74) is 6.02. The second kappa shape index (κ2) is 7.93. The topological polar surface area (TPSA) is 95.5 Å². The molecule has 19 heavy (non-hydrogen) atoms. The van der Waals surface area contributed by atoms with Crippen LogP contribution in [0.1, 0.15) is 24.9 Å². The molecule has 1 atom stereocenters. The molecule has 0 saturated carbocycles. The molecule has 0 aliphatic rings. The van der Waals surface area contributed by atoms with Crippen LogP contribution in [0.15, 0.2) is 18.2 Å². The quantitative estimate of drug-likeness (QED) is 0.512. The van der Waals surface area contributed by atoms with E-state index in [9.17, 15) is 14.9 Å². The largest absolute Gasteiger partial charge is 0.466 e. The SMILES string of the molecule is CCOC(=O)C[C@@H](N)c1ccc(Cl)c([N+](=O)[O-])c1.Cl. The van der Waals surface area contributed by atoms with Crippen LogP contribution in [0.25, 0.3) is 0 Å². The number of halogens is 2. The number of hydrogen-bond acceptors (Lipinski definition) is 5. The maximum atomic E-state index is 11.3. The highest BCUT2D eigenvalue weighted by Crippen LogP contribution is 2.28. The summed E-state index contributed by atoms with van der Waals surface area (Å²) in [5, 5.41) is 10.7. The normalized spacial score (nSPS) is 11.3. The van der Waals surface area contributed by atoms with Gasteiger partial charge in [0.25, 0.3) is 5.69 Å². The maximum absolute atomic E-state index is 11.3. The van der Waals surface area contributed by atoms with Gasteiger partial charge in [-0.05, 0) is 18.6 Å². The van der Waals surface area contributed by atoms with Crippen LogP contribution in [0.2, 0.25) is 5.02 Å². The number of carbonyl (C=O) groups is 1. The maximum Gasteiger partial charge on any atom is 0.307 e. The van der Waals surface area contributed by atoms with Gasteiger partial charge in [-0.25, -0.2) is 0 Å². The van der Waals surface area contributed by atoms with Crippen molar-refractivity contribution in [2.45, 2.75) is 19.4 Å². The van der Waals surface area contributed by atoms with Crippen LogP contribution in [0, 0.1) is 10.1 Å². The molecule has 2 N–H and O–H groups in total. The van der Waals surface area contributed by atoms with Crippen molar-refractivity contribution in [3.05, 3.63) is 38.9 Å². The third kappa shape index (κ3) is 5.02. The van der Waals surface area contributed by atoms with E-state index < -0.39 is 16.9 Å². The van der Waals surface area contributed by atoms with Gasteiger partial charge in [0.2, 0.25) is 0 Å². The third-order valence-corrected chi connectivity index (χ3v) is 2.61. The summed E-state index contributed by atoms with van der Waals surface area (Å²) in [4.78, 5) is 21.4. The Morgan fingerprint density at radius 1 is 1.58 bits per heavy atom. The first-order chi connectivity index (χ1) is 8.45. The minimum Gasteiger partial charge on any atom is -0.466 e. The van der Waals surface area contributed by atoms with Crippen LogP contribution < -0.4 is 5.73 Å². The van der Waals surface area contributed by atoms with Gasteiger partial charge in [-0.3, -0.25) is 14.9 Å². The Labute approximate surface area is 121 Å². The van der Waals surface area contributed by atoms with Gasteiger partial charge in [-0.1, -0.05) is 17.7 Å². The number of esters is 1. The van der Waals surface area contributed by atoms with E-state index in [1.807, 2.05) is 0 Å². The van der Waals surface area contributed by atoms with Gasteiger partial charge in [0.05, 0.1) is 18.0 Å². The predicted octanol–water partition coefficient (Wildman–Crippen LogP) is 2.62. The molecule has 1 aromatic carbocycles. The van der Waals surface area contributed by atoms with E-state index in [0.717, 1.165) is 0 Å². The first-order valence-electron chi connectivity index (χ1n) is 5.30. The molecular formula is C11H14Cl2N2O4. The molecular weight excluding hydrogens is 295 g/mol. The van der Waals surface area contributed by atoms with E-state index in [0.29, 0.717) is 5.56 Å². The predicted molar refractivity (Wildman–Crippen MR) is 73.5 cm³/mol. The Morgan fingerprint density at radius 2 is 2.21 bits per heavy atom. The molecule has 0 bridgehead atoms. The average Bonchev–Trinajstić information content (AvgIpc) is 2.29. The van der Waals surface area contributed by atoms with Crippen molar-refractivity contribution < 1.29 is 14.5 Å². The molecule has 0 aromatic heterocycles. The Morgan fingerprint density at radius 3 is 2.74 bits per heavy atom. The molecule has 0 amide bonds. The lowest BCUT2D eigenvalue weighted by molar-refractivity contribution is -0.384. The molecule has 1 aromatic rings. The Hall–Kier alpha value is -1.37. The van der Waals surface area contributed by atoms with Gasteiger partial charge in [-0.15, -0.1) is 12.4 Å². The molecule has 6 nitrogen and oxygen atoms in total. The highest BCUT2D eigenvalue weighted by Gasteiger charge is 2.18. The summed E-state index contributed by atoms with van der Waals surface area (Å²) < 4.78 is 4.76. The minimum atomic E-state index is -0.653. The number of carbonyl (C=O) groups excluding carboxylic acids is 1. The number of hydrogen-bond donors (Lipinski definition) is 1. The van der Waals surface area contributed by atoms with E-state index in [1.54, 1.807) is 13.0 Å². The fraction of sp³-hybridized carbons (Fsp3) is 0.364. The highest BCUT2D eigenvalue weighted by atomic mass is 35.5. The molecule has 0 fully saturated rings. The standard InChI is InChI=1S/C11H13ClN2O4.ClH/c1-2-18-11(15)6-9(13)7-3-4-8(12)10(5-7)14(16)17;/h3-5,9H,2,6,13H2,1H3;1H/t9-;/m1./s1. The fourth-order valence-electron chi connectivity index (χ4n) is 1.42. The van der Waals surface area contributed by atoms with Crippen LogP contribution in [0.5, 0.6) is 0 Å². The lowest BCUT2D eigenvalue weighted by Crippen LogP contribution is -2.17. The number of nitro groups is 1. The molecule has 0 radical (unpaired) electrons. The Bertz CT molecular complexity index is 468.